The van der Waals surface area contributed by atoms with Gasteiger partial charge >= 0.3 is 5.97 Å². The first-order valence-corrected chi connectivity index (χ1v) is 11.8. The molecule has 178 valence electrons. The van der Waals surface area contributed by atoms with Gasteiger partial charge in [0, 0.05) is 5.56 Å². The van der Waals surface area contributed by atoms with Crippen LogP contribution in [0.3, 0.4) is 0 Å². The molecule has 0 saturated heterocycles. The quantitative estimate of drug-likeness (QED) is 0.303. The van der Waals surface area contributed by atoms with Crippen molar-refractivity contribution in [2.75, 3.05) is 0 Å². The number of aromatic nitrogens is 3. The average Bonchev–Trinajstić information content (AvgIpc) is 3.47. The molecule has 36 heavy (non-hydrogen) atoms. The lowest BCUT2D eigenvalue weighted by Crippen LogP contribution is -2.19. The van der Waals surface area contributed by atoms with E-state index in [1.54, 1.807) is 0 Å². The molecule has 2 heterocycles. The third kappa shape index (κ3) is 3.88. The van der Waals surface area contributed by atoms with Crippen LogP contribution < -0.4 is 0 Å². The Bertz CT molecular complexity index is 1530. The monoisotopic (exact) mass is 477 g/mol. The molecule has 1 fully saturated rings. The molecule has 0 amide bonds. The van der Waals surface area contributed by atoms with E-state index < -0.39 is 11.4 Å². The fourth-order valence-electron chi connectivity index (χ4n) is 4.56. The summed E-state index contributed by atoms with van der Waals surface area (Å²) in [6.45, 7) is 1.85. The minimum absolute atomic E-state index is 0.377. The maximum absolute atomic E-state index is 11.6. The summed E-state index contributed by atoms with van der Waals surface area (Å²) in [5.41, 5.74) is 5.50. The zero-order valence-corrected chi connectivity index (χ0v) is 19.6. The molecule has 7 heteroatoms. The maximum atomic E-state index is 11.6. The van der Waals surface area contributed by atoms with E-state index in [1.807, 2.05) is 85.8 Å². The Balaban J connectivity index is 1.25. The van der Waals surface area contributed by atoms with E-state index in [1.165, 1.54) is 0 Å². The topological polar surface area (TPSA) is 102 Å². The van der Waals surface area contributed by atoms with Gasteiger partial charge in [-0.25, -0.2) is 0 Å². The number of hydrogen-bond acceptors (Lipinski definition) is 6. The molecular formula is C29H23N3O4. The summed E-state index contributed by atoms with van der Waals surface area (Å²) in [7, 11) is 0. The van der Waals surface area contributed by atoms with Crippen molar-refractivity contribution in [3.63, 3.8) is 0 Å². The Morgan fingerprint density at radius 1 is 0.889 bits per heavy atom. The molecule has 6 rings (SSSR count). The number of aliphatic carboxylic acids is 1. The van der Waals surface area contributed by atoms with Crippen LogP contribution >= 0.6 is 0 Å². The van der Waals surface area contributed by atoms with Gasteiger partial charge in [0.25, 0.3) is 5.89 Å². The van der Waals surface area contributed by atoms with Crippen molar-refractivity contribution >= 4 is 5.97 Å². The Labute approximate surface area is 207 Å². The van der Waals surface area contributed by atoms with Crippen molar-refractivity contribution in [2.24, 2.45) is 0 Å². The number of benzene rings is 3. The summed E-state index contributed by atoms with van der Waals surface area (Å²) in [6, 6.07) is 25.7. The number of carboxylic acids is 1. The second kappa shape index (κ2) is 8.61. The normalized spacial score (nSPS) is 14.0. The molecule has 1 saturated carbocycles. The summed E-state index contributed by atoms with van der Waals surface area (Å²) in [5, 5.41) is 22.1. The van der Waals surface area contributed by atoms with Gasteiger partial charge in [-0.2, -0.15) is 0 Å². The molecule has 0 atom stereocenters. The Morgan fingerprint density at radius 3 is 2.17 bits per heavy atom. The number of hydrogen-bond donors (Lipinski definition) is 1. The average molecular weight is 478 g/mol. The first kappa shape index (κ1) is 22.0. The highest BCUT2D eigenvalue weighted by molar-refractivity contribution is 5.85. The van der Waals surface area contributed by atoms with Crippen LogP contribution in [0, 0.1) is 6.92 Å². The van der Waals surface area contributed by atoms with Crippen molar-refractivity contribution < 1.29 is 18.8 Å². The van der Waals surface area contributed by atoms with Gasteiger partial charge in [-0.15, -0.1) is 10.2 Å². The van der Waals surface area contributed by atoms with Crippen LogP contribution in [0.4, 0.5) is 0 Å². The van der Waals surface area contributed by atoms with Gasteiger partial charge in [-0.3, -0.25) is 4.79 Å². The van der Waals surface area contributed by atoms with Crippen LogP contribution in [0.25, 0.3) is 33.9 Å². The third-order valence-corrected chi connectivity index (χ3v) is 6.82. The van der Waals surface area contributed by atoms with Crippen LogP contribution in [0.5, 0.6) is 0 Å². The van der Waals surface area contributed by atoms with Gasteiger partial charge in [-0.1, -0.05) is 84.0 Å². The van der Waals surface area contributed by atoms with Crippen LogP contribution in [0.15, 0.2) is 87.8 Å². The van der Waals surface area contributed by atoms with Gasteiger partial charge in [-0.05, 0) is 42.0 Å². The minimum atomic E-state index is -0.744. The third-order valence-electron chi connectivity index (χ3n) is 6.82. The van der Waals surface area contributed by atoms with Gasteiger partial charge in [0.15, 0.2) is 5.76 Å². The molecule has 0 unspecified atom stereocenters. The van der Waals surface area contributed by atoms with E-state index in [4.69, 9.17) is 8.94 Å². The number of aryl methyl sites for hydroxylation is 1. The molecule has 2 aromatic heterocycles. The molecule has 0 radical (unpaired) electrons. The Morgan fingerprint density at radius 2 is 1.53 bits per heavy atom. The van der Waals surface area contributed by atoms with Crippen LogP contribution in [0.2, 0.25) is 0 Å². The first-order valence-electron chi connectivity index (χ1n) is 11.8. The number of carboxylic acid groups (broad SMARTS) is 1. The van der Waals surface area contributed by atoms with Gasteiger partial charge in [0.1, 0.15) is 5.56 Å². The van der Waals surface area contributed by atoms with E-state index in [0.29, 0.717) is 48.1 Å². The minimum Gasteiger partial charge on any atom is -0.481 e. The number of rotatable bonds is 7. The molecule has 0 bridgehead atoms. The van der Waals surface area contributed by atoms with Gasteiger partial charge < -0.3 is 14.0 Å². The van der Waals surface area contributed by atoms with E-state index in [2.05, 4.69) is 15.4 Å². The zero-order chi connectivity index (χ0) is 24.7. The lowest BCUT2D eigenvalue weighted by molar-refractivity contribution is -0.140. The van der Waals surface area contributed by atoms with Crippen molar-refractivity contribution in [2.45, 2.75) is 31.6 Å². The van der Waals surface area contributed by atoms with E-state index in [-0.39, 0.29) is 0 Å². The zero-order valence-electron chi connectivity index (χ0n) is 19.6. The smallest absolute Gasteiger partial charge is 0.314 e. The van der Waals surface area contributed by atoms with Crippen molar-refractivity contribution in [1.29, 1.82) is 0 Å². The Kier molecular flexibility index (Phi) is 5.25. The molecule has 1 aliphatic carbocycles. The fourth-order valence-corrected chi connectivity index (χ4v) is 4.56. The van der Waals surface area contributed by atoms with Gasteiger partial charge in [0.05, 0.1) is 17.5 Å². The van der Waals surface area contributed by atoms with Crippen LogP contribution in [-0.2, 0) is 16.6 Å². The molecule has 3 aromatic carbocycles. The molecule has 0 spiro atoms. The number of nitrogens with zero attached hydrogens (tertiary/aromatic N) is 3. The second-order valence-electron chi connectivity index (χ2n) is 9.18. The largest absolute Gasteiger partial charge is 0.481 e. The van der Waals surface area contributed by atoms with Crippen molar-refractivity contribution in [3.05, 3.63) is 102 Å². The van der Waals surface area contributed by atoms with E-state index in [0.717, 1.165) is 27.8 Å². The highest BCUT2D eigenvalue weighted by atomic mass is 16.5. The molecular weight excluding hydrogens is 454 g/mol. The summed E-state index contributed by atoms with van der Waals surface area (Å²) in [4.78, 5) is 11.6. The molecule has 7 nitrogen and oxygen atoms in total. The molecule has 5 aromatic rings. The maximum Gasteiger partial charge on any atom is 0.314 e. The lowest BCUT2D eigenvalue weighted by atomic mass is 9.93. The predicted octanol–water partition coefficient (Wildman–Crippen LogP) is 6.07. The molecule has 1 N–H and O–H groups in total. The summed E-state index contributed by atoms with van der Waals surface area (Å²) < 4.78 is 11.6. The summed E-state index contributed by atoms with van der Waals surface area (Å²) >= 11 is 0. The predicted molar refractivity (Wildman–Crippen MR) is 133 cm³/mol. The first-order chi connectivity index (χ1) is 17.5. The number of carbonyl (C=O) groups is 1. The molecule has 1 aliphatic rings. The van der Waals surface area contributed by atoms with Crippen molar-refractivity contribution in [3.8, 4) is 33.9 Å². The lowest BCUT2D eigenvalue weighted by Gasteiger charge is -2.11. The molecule has 0 aliphatic heterocycles. The second-order valence-corrected chi connectivity index (χ2v) is 9.18. The standard InChI is InChI=1S/C29H23N3O4/c1-18-25(27-31-30-24(35-27)17-19-5-3-2-4-6-19)26(36-32-18)22-9-7-20(8-10-22)21-11-13-23(14-12-21)29(15-16-29)28(33)34/h2-14H,15-17H2,1H3,(H,33,34). The fraction of sp³-hybridized carbons (Fsp3) is 0.172. The SMILES string of the molecule is Cc1noc(-c2ccc(-c3ccc(C4(C(=O)O)CC4)cc3)cc2)c1-c1nnc(Cc2ccccc2)o1. The van der Waals surface area contributed by atoms with Crippen LogP contribution in [-0.4, -0.2) is 26.4 Å². The highest BCUT2D eigenvalue weighted by Crippen LogP contribution is 2.48. The van der Waals surface area contributed by atoms with E-state index in [9.17, 15) is 9.90 Å². The summed E-state index contributed by atoms with van der Waals surface area (Å²) in [6.07, 6.45) is 1.95. The van der Waals surface area contributed by atoms with Gasteiger partial charge in [0.2, 0.25) is 5.89 Å². The van der Waals surface area contributed by atoms with E-state index >= 15 is 0 Å². The summed E-state index contributed by atoms with van der Waals surface area (Å²) in [5.74, 6) is 0.729. The van der Waals surface area contributed by atoms with Crippen molar-refractivity contribution in [1.82, 2.24) is 15.4 Å². The van der Waals surface area contributed by atoms with Crippen LogP contribution in [0.1, 0.15) is 35.6 Å². The highest BCUT2D eigenvalue weighted by Gasteiger charge is 2.51. The Hall–Kier alpha value is -4.52.